The molecule has 3 nitrogen and oxygen atoms in total. The number of nitrogens with two attached hydrogens (primary N) is 1. The number of nitrogen functional groups attached to an aromatic ring is 1. The summed E-state index contributed by atoms with van der Waals surface area (Å²) in [6.45, 7) is 4.35. The molecular formula is C11H17NO2Se. The van der Waals surface area contributed by atoms with E-state index in [0.717, 1.165) is 24.8 Å². The first kappa shape index (κ1) is 12.3. The fourth-order valence-corrected chi connectivity index (χ4v) is 3.15. The number of rotatable bonds is 5. The number of hydrogen-bond acceptors (Lipinski definition) is 3. The molecule has 0 aliphatic heterocycles. The van der Waals surface area contributed by atoms with Crippen molar-refractivity contribution in [3.63, 3.8) is 0 Å². The molecule has 0 radical (unpaired) electrons. The molecule has 2 N–H and O–H groups in total. The summed E-state index contributed by atoms with van der Waals surface area (Å²) in [6.07, 6.45) is 3.16. The van der Waals surface area contributed by atoms with Crippen LogP contribution < -0.4 is 5.73 Å². The molecule has 0 saturated heterocycles. The second kappa shape index (κ2) is 5.98. The molecule has 15 heavy (non-hydrogen) atoms. The fraction of sp³-hybridized carbons (Fsp3) is 0.545. The molecule has 1 heterocycles. The van der Waals surface area contributed by atoms with Crippen LogP contribution in [-0.2, 0) is 11.2 Å². The van der Waals surface area contributed by atoms with Gasteiger partial charge in [0.1, 0.15) is 0 Å². The van der Waals surface area contributed by atoms with Crippen LogP contribution in [0.1, 0.15) is 42.6 Å². The van der Waals surface area contributed by atoms with Gasteiger partial charge in [-0.05, 0) is 0 Å². The van der Waals surface area contributed by atoms with Crippen molar-refractivity contribution >= 4 is 25.0 Å². The normalized spacial score (nSPS) is 10.3. The van der Waals surface area contributed by atoms with Crippen LogP contribution in [-0.4, -0.2) is 27.1 Å². The average molecular weight is 274 g/mol. The Bertz CT molecular complexity index is 333. The average Bonchev–Trinajstić information content (AvgIpc) is 2.57. The van der Waals surface area contributed by atoms with Crippen molar-refractivity contribution in [1.82, 2.24) is 0 Å². The molecule has 1 aromatic rings. The minimum absolute atomic E-state index is 0.144. The molecule has 0 saturated carbocycles. The molecule has 0 amide bonds. The van der Waals surface area contributed by atoms with E-state index in [2.05, 4.69) is 11.9 Å². The summed E-state index contributed by atoms with van der Waals surface area (Å²) in [5.41, 5.74) is 7.56. The van der Waals surface area contributed by atoms with Gasteiger partial charge in [0.15, 0.2) is 0 Å². The molecule has 0 fully saturated rings. The molecule has 4 heteroatoms. The van der Waals surface area contributed by atoms with Crippen molar-refractivity contribution in [2.75, 3.05) is 12.3 Å². The van der Waals surface area contributed by atoms with Gasteiger partial charge in [-0.15, -0.1) is 0 Å². The third kappa shape index (κ3) is 3.11. The van der Waals surface area contributed by atoms with E-state index in [1.54, 1.807) is 0 Å². The third-order valence-corrected chi connectivity index (χ3v) is 3.98. The van der Waals surface area contributed by atoms with Gasteiger partial charge in [0.25, 0.3) is 0 Å². The Morgan fingerprint density at radius 2 is 2.27 bits per heavy atom. The Morgan fingerprint density at radius 3 is 2.87 bits per heavy atom. The first-order chi connectivity index (χ1) is 7.20. The predicted octanol–water partition coefficient (Wildman–Crippen LogP) is 1.85. The monoisotopic (exact) mass is 275 g/mol. The van der Waals surface area contributed by atoms with E-state index in [4.69, 9.17) is 10.5 Å². The van der Waals surface area contributed by atoms with Crippen molar-refractivity contribution in [2.45, 2.75) is 33.1 Å². The molecule has 84 valence electrons. The summed E-state index contributed by atoms with van der Waals surface area (Å²) >= 11 is 0.144. The standard InChI is InChI=1S/C11H17NO2Se/c1-3-5-6-8-7-15-10(12)9(8)11(13)14-4-2/h7H,3-6,12H2,1-2H3. The van der Waals surface area contributed by atoms with Crippen LogP contribution in [0.2, 0.25) is 0 Å². The molecule has 0 aliphatic carbocycles. The first-order valence-electron chi connectivity index (χ1n) is 5.23. The Balaban J connectivity index is 2.83. The van der Waals surface area contributed by atoms with Crippen LogP contribution in [0, 0.1) is 0 Å². The summed E-state index contributed by atoms with van der Waals surface area (Å²) < 4.78 is 5.71. The molecule has 1 rings (SSSR count). The Kier molecular flexibility index (Phi) is 4.92. The van der Waals surface area contributed by atoms with E-state index in [0.29, 0.717) is 16.7 Å². The van der Waals surface area contributed by atoms with Crippen molar-refractivity contribution in [3.05, 3.63) is 16.1 Å². The second-order valence-electron chi connectivity index (χ2n) is 3.32. The number of carbonyl (C=O) groups excluding carboxylic acids is 1. The molecule has 1 aromatic heterocycles. The maximum absolute atomic E-state index is 11.6. The van der Waals surface area contributed by atoms with Gasteiger partial charge >= 0.3 is 96.1 Å². The molecule has 0 aliphatic rings. The van der Waals surface area contributed by atoms with Gasteiger partial charge in [-0.2, -0.15) is 0 Å². The number of hydrogen-bond donors (Lipinski definition) is 1. The number of esters is 1. The minimum atomic E-state index is -0.253. The second-order valence-corrected chi connectivity index (χ2v) is 5.24. The topological polar surface area (TPSA) is 52.3 Å². The predicted molar refractivity (Wildman–Crippen MR) is 62.4 cm³/mol. The van der Waals surface area contributed by atoms with Gasteiger partial charge in [0, 0.05) is 0 Å². The molecule has 0 unspecified atom stereocenters. The van der Waals surface area contributed by atoms with Crippen LogP contribution in [0.5, 0.6) is 0 Å². The molecule has 0 bridgehead atoms. The van der Waals surface area contributed by atoms with E-state index in [-0.39, 0.29) is 20.5 Å². The van der Waals surface area contributed by atoms with Crippen molar-refractivity contribution in [3.8, 4) is 0 Å². The van der Waals surface area contributed by atoms with Crippen molar-refractivity contribution in [1.29, 1.82) is 0 Å². The van der Waals surface area contributed by atoms with Crippen LogP contribution >= 0.6 is 0 Å². The van der Waals surface area contributed by atoms with Crippen molar-refractivity contribution < 1.29 is 9.53 Å². The quantitative estimate of drug-likeness (QED) is 0.658. The van der Waals surface area contributed by atoms with Gasteiger partial charge in [-0.1, -0.05) is 0 Å². The van der Waals surface area contributed by atoms with Crippen LogP contribution in [0.25, 0.3) is 0 Å². The molecule has 0 aromatic carbocycles. The Morgan fingerprint density at radius 1 is 1.53 bits per heavy atom. The van der Waals surface area contributed by atoms with Gasteiger partial charge < -0.3 is 0 Å². The summed E-state index contributed by atoms with van der Waals surface area (Å²) in [6, 6.07) is 0. The summed E-state index contributed by atoms with van der Waals surface area (Å²) in [5, 5.41) is 0. The van der Waals surface area contributed by atoms with Gasteiger partial charge in [-0.3, -0.25) is 0 Å². The number of anilines is 1. The van der Waals surface area contributed by atoms with E-state index >= 15 is 0 Å². The van der Waals surface area contributed by atoms with Gasteiger partial charge in [0.2, 0.25) is 0 Å². The number of unbranched alkanes of at least 4 members (excludes halogenated alkanes) is 1. The molecule has 0 spiro atoms. The van der Waals surface area contributed by atoms with Crippen LogP contribution in [0.4, 0.5) is 4.56 Å². The SMILES string of the molecule is CCCCc1c[se]c(N)c1C(=O)OCC. The summed E-state index contributed by atoms with van der Waals surface area (Å²) in [5.74, 6) is -0.253. The van der Waals surface area contributed by atoms with E-state index in [1.807, 2.05) is 6.92 Å². The van der Waals surface area contributed by atoms with E-state index in [9.17, 15) is 4.79 Å². The summed E-state index contributed by atoms with van der Waals surface area (Å²) in [7, 11) is 0. The number of aryl methyl sites for hydroxylation is 1. The third-order valence-electron chi connectivity index (χ3n) is 2.17. The number of carbonyl (C=O) groups is 1. The zero-order valence-electron chi connectivity index (χ0n) is 9.21. The van der Waals surface area contributed by atoms with Gasteiger partial charge in [0.05, 0.1) is 0 Å². The first-order valence-corrected chi connectivity index (χ1v) is 7.08. The van der Waals surface area contributed by atoms with E-state index < -0.39 is 0 Å². The van der Waals surface area contributed by atoms with Crippen LogP contribution in [0.15, 0.2) is 4.94 Å². The van der Waals surface area contributed by atoms with Crippen LogP contribution in [0.3, 0.4) is 0 Å². The Hall–Kier alpha value is -0.731. The van der Waals surface area contributed by atoms with Crippen molar-refractivity contribution in [2.24, 2.45) is 0 Å². The zero-order valence-corrected chi connectivity index (χ0v) is 10.9. The molecule has 0 atom stereocenters. The van der Waals surface area contributed by atoms with E-state index in [1.165, 1.54) is 0 Å². The zero-order chi connectivity index (χ0) is 11.3. The fourth-order valence-electron chi connectivity index (χ4n) is 1.40. The maximum atomic E-state index is 11.6. The van der Waals surface area contributed by atoms with Gasteiger partial charge in [-0.25, -0.2) is 0 Å². The molecular weight excluding hydrogens is 257 g/mol. The number of ether oxygens (including phenoxy) is 1. The summed E-state index contributed by atoms with van der Waals surface area (Å²) in [4.78, 5) is 13.7. The Labute approximate surface area is 96.4 Å².